The van der Waals surface area contributed by atoms with Gasteiger partial charge in [0.05, 0.1) is 5.75 Å². The van der Waals surface area contributed by atoms with Crippen molar-refractivity contribution in [2.75, 3.05) is 12.3 Å². The number of halogens is 1. The summed E-state index contributed by atoms with van der Waals surface area (Å²) in [5.41, 5.74) is 0.786. The lowest BCUT2D eigenvalue weighted by molar-refractivity contribution is -0.118. The molecular weight excluding hydrogens is 291 g/mol. The van der Waals surface area contributed by atoms with Crippen LogP contribution in [0.25, 0.3) is 11.4 Å². The highest BCUT2D eigenvalue weighted by Gasteiger charge is 2.12. The number of rotatable bonds is 6. The molecule has 5 nitrogen and oxygen atoms in total. The molecule has 2 rings (SSSR count). The van der Waals surface area contributed by atoms with E-state index in [1.807, 2.05) is 14.0 Å². The summed E-state index contributed by atoms with van der Waals surface area (Å²) in [4.78, 5) is 11.6. The highest BCUT2D eigenvalue weighted by molar-refractivity contribution is 7.99. The lowest BCUT2D eigenvalue weighted by Crippen LogP contribution is -2.25. The molecule has 1 aromatic heterocycles. The number of thioether (sulfide) groups is 1. The molecule has 1 N–H and O–H groups in total. The van der Waals surface area contributed by atoms with Crippen LogP contribution in [0, 0.1) is 5.82 Å². The summed E-state index contributed by atoms with van der Waals surface area (Å²) in [5, 5.41) is 11.6. The number of hydrogen-bond acceptors (Lipinski definition) is 4. The predicted octanol–water partition coefficient (Wildman–Crippen LogP) is 2.24. The second-order valence-electron chi connectivity index (χ2n) is 4.51. The van der Waals surface area contributed by atoms with Crippen molar-refractivity contribution in [1.29, 1.82) is 0 Å². The summed E-state index contributed by atoms with van der Waals surface area (Å²) in [7, 11) is 1.82. The van der Waals surface area contributed by atoms with E-state index in [9.17, 15) is 9.18 Å². The summed E-state index contributed by atoms with van der Waals surface area (Å²) in [6.45, 7) is 2.68. The van der Waals surface area contributed by atoms with Crippen molar-refractivity contribution in [3.05, 3.63) is 30.1 Å². The van der Waals surface area contributed by atoms with Gasteiger partial charge >= 0.3 is 0 Å². The van der Waals surface area contributed by atoms with Gasteiger partial charge in [-0.1, -0.05) is 18.7 Å². The minimum absolute atomic E-state index is 0.0202. The standard InChI is InChI=1S/C14H17FN4OS/c1-3-8-16-12(20)9-21-14-18-17-13(19(14)2)10-4-6-11(15)7-5-10/h4-7H,3,8-9H2,1-2H3,(H,16,20). The second-order valence-corrected chi connectivity index (χ2v) is 5.45. The smallest absolute Gasteiger partial charge is 0.230 e. The van der Waals surface area contributed by atoms with E-state index in [2.05, 4.69) is 15.5 Å². The highest BCUT2D eigenvalue weighted by Crippen LogP contribution is 2.22. The number of hydrogen-bond donors (Lipinski definition) is 1. The largest absolute Gasteiger partial charge is 0.355 e. The maximum Gasteiger partial charge on any atom is 0.230 e. The van der Waals surface area contributed by atoms with Crippen LogP contribution < -0.4 is 5.32 Å². The fourth-order valence-electron chi connectivity index (χ4n) is 1.74. The Balaban J connectivity index is 2.03. The number of aromatic nitrogens is 3. The van der Waals surface area contributed by atoms with E-state index in [-0.39, 0.29) is 11.7 Å². The SMILES string of the molecule is CCCNC(=O)CSc1nnc(-c2ccc(F)cc2)n1C. The van der Waals surface area contributed by atoms with Crippen LogP contribution in [0.1, 0.15) is 13.3 Å². The van der Waals surface area contributed by atoms with Gasteiger partial charge < -0.3 is 9.88 Å². The molecule has 2 aromatic rings. The van der Waals surface area contributed by atoms with Crippen molar-refractivity contribution in [2.24, 2.45) is 7.05 Å². The van der Waals surface area contributed by atoms with E-state index < -0.39 is 0 Å². The summed E-state index contributed by atoms with van der Waals surface area (Å²) >= 11 is 1.33. The van der Waals surface area contributed by atoms with Crippen LogP contribution in [0.5, 0.6) is 0 Å². The van der Waals surface area contributed by atoms with E-state index in [4.69, 9.17) is 0 Å². The molecule has 0 aliphatic carbocycles. The normalized spacial score (nSPS) is 10.6. The highest BCUT2D eigenvalue weighted by atomic mass is 32.2. The fraction of sp³-hybridized carbons (Fsp3) is 0.357. The molecule has 0 aliphatic heterocycles. The van der Waals surface area contributed by atoms with Crippen molar-refractivity contribution in [3.8, 4) is 11.4 Å². The lowest BCUT2D eigenvalue weighted by Gasteiger charge is -2.04. The van der Waals surface area contributed by atoms with Crippen LogP contribution in [-0.2, 0) is 11.8 Å². The number of nitrogens with one attached hydrogen (secondary N) is 1. The van der Waals surface area contributed by atoms with Gasteiger partial charge in [-0.15, -0.1) is 10.2 Å². The first-order valence-electron chi connectivity index (χ1n) is 6.66. The number of amides is 1. The lowest BCUT2D eigenvalue weighted by atomic mass is 10.2. The maximum absolute atomic E-state index is 12.9. The van der Waals surface area contributed by atoms with Crippen molar-refractivity contribution in [3.63, 3.8) is 0 Å². The molecule has 7 heteroatoms. The number of carbonyl (C=O) groups is 1. The average molecular weight is 308 g/mol. The Morgan fingerprint density at radius 2 is 2.05 bits per heavy atom. The van der Waals surface area contributed by atoms with Gasteiger partial charge in [0.1, 0.15) is 5.82 Å². The summed E-state index contributed by atoms with van der Waals surface area (Å²) in [5.74, 6) is 0.637. The number of benzene rings is 1. The molecule has 1 aromatic carbocycles. The first-order valence-corrected chi connectivity index (χ1v) is 7.65. The molecule has 0 unspecified atom stereocenters. The number of nitrogens with zero attached hydrogens (tertiary/aromatic N) is 3. The zero-order valence-corrected chi connectivity index (χ0v) is 12.8. The zero-order valence-electron chi connectivity index (χ0n) is 12.0. The van der Waals surface area contributed by atoms with Crippen LogP contribution in [0.3, 0.4) is 0 Å². The molecule has 0 aliphatic rings. The molecule has 0 spiro atoms. The van der Waals surface area contributed by atoms with Gasteiger partial charge in [0.2, 0.25) is 5.91 Å². The first-order chi connectivity index (χ1) is 10.1. The molecule has 0 saturated heterocycles. The van der Waals surface area contributed by atoms with Gasteiger partial charge in [-0.2, -0.15) is 0 Å². The molecule has 0 bridgehead atoms. The van der Waals surface area contributed by atoms with E-state index in [1.54, 1.807) is 16.7 Å². The summed E-state index contributed by atoms with van der Waals surface area (Å²) in [6, 6.07) is 6.08. The Morgan fingerprint density at radius 3 is 2.71 bits per heavy atom. The van der Waals surface area contributed by atoms with Gasteiger partial charge in [0, 0.05) is 19.2 Å². The zero-order chi connectivity index (χ0) is 15.2. The van der Waals surface area contributed by atoms with Crippen molar-refractivity contribution >= 4 is 17.7 Å². The average Bonchev–Trinajstić information content (AvgIpc) is 2.85. The van der Waals surface area contributed by atoms with Crippen molar-refractivity contribution in [1.82, 2.24) is 20.1 Å². The van der Waals surface area contributed by atoms with E-state index in [0.29, 0.717) is 23.3 Å². The second kappa shape index (κ2) is 7.21. The van der Waals surface area contributed by atoms with Gasteiger partial charge in [-0.3, -0.25) is 4.79 Å². The minimum atomic E-state index is -0.289. The molecule has 112 valence electrons. The molecule has 0 atom stereocenters. The molecular formula is C14H17FN4OS. The van der Waals surface area contributed by atoms with E-state index >= 15 is 0 Å². The Kier molecular flexibility index (Phi) is 5.32. The van der Waals surface area contributed by atoms with Crippen molar-refractivity contribution in [2.45, 2.75) is 18.5 Å². The Bertz CT molecular complexity index is 612. The summed E-state index contributed by atoms with van der Waals surface area (Å²) < 4.78 is 14.7. The third-order valence-electron chi connectivity index (χ3n) is 2.84. The Morgan fingerprint density at radius 1 is 1.33 bits per heavy atom. The Labute approximate surface area is 127 Å². The molecule has 1 amide bonds. The third kappa shape index (κ3) is 4.04. The molecule has 1 heterocycles. The Hall–Kier alpha value is -1.89. The predicted molar refractivity (Wildman–Crippen MR) is 80.4 cm³/mol. The number of carbonyl (C=O) groups excluding carboxylic acids is 1. The van der Waals surface area contributed by atoms with E-state index in [0.717, 1.165) is 12.0 Å². The van der Waals surface area contributed by atoms with Crippen LogP contribution >= 0.6 is 11.8 Å². The minimum Gasteiger partial charge on any atom is -0.355 e. The quantitative estimate of drug-likeness (QED) is 0.832. The summed E-state index contributed by atoms with van der Waals surface area (Å²) in [6.07, 6.45) is 0.912. The molecule has 0 fully saturated rings. The van der Waals surface area contributed by atoms with Gasteiger partial charge in [0.25, 0.3) is 0 Å². The van der Waals surface area contributed by atoms with Gasteiger partial charge in [0.15, 0.2) is 11.0 Å². The van der Waals surface area contributed by atoms with Crippen LogP contribution in [-0.4, -0.2) is 33.0 Å². The van der Waals surface area contributed by atoms with Gasteiger partial charge in [-0.05, 0) is 30.7 Å². The van der Waals surface area contributed by atoms with Gasteiger partial charge in [-0.25, -0.2) is 4.39 Å². The van der Waals surface area contributed by atoms with Crippen molar-refractivity contribution < 1.29 is 9.18 Å². The first kappa shape index (κ1) is 15.5. The monoisotopic (exact) mass is 308 g/mol. The molecule has 21 heavy (non-hydrogen) atoms. The van der Waals surface area contributed by atoms with E-state index in [1.165, 1.54) is 23.9 Å². The fourth-order valence-corrected chi connectivity index (χ4v) is 2.48. The van der Waals surface area contributed by atoms with Crippen LogP contribution in [0.2, 0.25) is 0 Å². The third-order valence-corrected chi connectivity index (χ3v) is 3.86. The molecule has 0 radical (unpaired) electrons. The van der Waals surface area contributed by atoms with Crippen LogP contribution in [0.15, 0.2) is 29.4 Å². The van der Waals surface area contributed by atoms with Crippen LogP contribution in [0.4, 0.5) is 4.39 Å². The maximum atomic E-state index is 12.9. The topological polar surface area (TPSA) is 59.8 Å². The molecule has 0 saturated carbocycles.